The van der Waals surface area contributed by atoms with E-state index in [-0.39, 0.29) is 22.4 Å². The first-order valence-electron chi connectivity index (χ1n) is 7.53. The Hall–Kier alpha value is -1.75. The summed E-state index contributed by atoms with van der Waals surface area (Å²) in [6.45, 7) is 3.27. The fourth-order valence-electron chi connectivity index (χ4n) is 3.01. The number of nitro benzene ring substituents is 1. The normalized spacial score (nSPS) is 20.0. The molecule has 0 spiro atoms. The van der Waals surface area contributed by atoms with Gasteiger partial charge in [0.15, 0.2) is 0 Å². The fourth-order valence-corrected chi connectivity index (χ4v) is 3.01. The molecule has 0 amide bonds. The van der Waals surface area contributed by atoms with Crippen molar-refractivity contribution in [3.63, 3.8) is 0 Å². The van der Waals surface area contributed by atoms with Crippen LogP contribution in [0.15, 0.2) is 24.3 Å². The van der Waals surface area contributed by atoms with Crippen LogP contribution >= 0.6 is 0 Å². The van der Waals surface area contributed by atoms with Crippen molar-refractivity contribution < 1.29 is 9.72 Å². The molecule has 1 heterocycles. The lowest BCUT2D eigenvalue weighted by Gasteiger charge is -2.29. The molecule has 1 fully saturated rings. The minimum Gasteiger partial charge on any atom is -0.300 e. The van der Waals surface area contributed by atoms with E-state index in [0.29, 0.717) is 13.0 Å². The summed E-state index contributed by atoms with van der Waals surface area (Å²) in [6.07, 6.45) is 5.09. The quantitative estimate of drug-likeness (QED) is 0.616. The van der Waals surface area contributed by atoms with Crippen LogP contribution < -0.4 is 0 Å². The number of nitro groups is 1. The largest absolute Gasteiger partial charge is 0.300 e. The second-order valence-electron chi connectivity index (χ2n) is 5.81. The zero-order valence-corrected chi connectivity index (χ0v) is 12.5. The molecule has 0 aliphatic carbocycles. The lowest BCUT2D eigenvalue weighted by Crippen LogP contribution is -2.35. The Morgan fingerprint density at radius 1 is 1.38 bits per heavy atom. The molecule has 1 saturated heterocycles. The number of carbonyl (C=O) groups is 1. The van der Waals surface area contributed by atoms with Gasteiger partial charge in [0.05, 0.1) is 4.92 Å². The van der Waals surface area contributed by atoms with Crippen molar-refractivity contribution in [3.05, 3.63) is 39.9 Å². The fraction of sp³-hybridized carbons (Fsp3) is 0.562. The lowest BCUT2D eigenvalue weighted by atomic mass is 10.0. The number of hydrogen-bond donors (Lipinski definition) is 0. The zero-order valence-electron chi connectivity index (χ0n) is 12.5. The van der Waals surface area contributed by atoms with Crippen molar-refractivity contribution in [3.8, 4) is 0 Å². The second-order valence-corrected chi connectivity index (χ2v) is 5.81. The van der Waals surface area contributed by atoms with E-state index in [2.05, 4.69) is 4.90 Å². The summed E-state index contributed by atoms with van der Waals surface area (Å²) in [7, 11) is 0. The van der Waals surface area contributed by atoms with Crippen molar-refractivity contribution >= 4 is 11.5 Å². The average molecular weight is 290 g/mol. The molecule has 1 aliphatic rings. The number of non-ortho nitro benzene ring substituents is 1. The Morgan fingerprint density at radius 3 is 2.90 bits per heavy atom. The molecule has 0 aromatic heterocycles. The molecule has 0 bridgehead atoms. The Labute approximate surface area is 125 Å². The number of hydrogen-bond acceptors (Lipinski definition) is 4. The van der Waals surface area contributed by atoms with E-state index in [1.807, 2.05) is 6.07 Å². The predicted molar refractivity (Wildman–Crippen MR) is 81.1 cm³/mol. The molecule has 1 aliphatic heterocycles. The Balaban J connectivity index is 2.11. The molecule has 0 N–H and O–H groups in total. The van der Waals surface area contributed by atoms with Gasteiger partial charge in [-0.3, -0.25) is 19.8 Å². The number of carbonyl (C=O) groups excluding carboxylic acids is 1. The highest BCUT2D eigenvalue weighted by molar-refractivity contribution is 5.76. The molecule has 1 atom stereocenters. The molecule has 5 nitrogen and oxygen atoms in total. The van der Waals surface area contributed by atoms with Crippen LogP contribution in [-0.4, -0.2) is 28.2 Å². The molecule has 1 aromatic carbocycles. The van der Waals surface area contributed by atoms with Crippen LogP contribution in [0, 0.1) is 10.1 Å². The minimum absolute atomic E-state index is 0.130. The highest BCUT2D eigenvalue weighted by Crippen LogP contribution is 2.23. The maximum absolute atomic E-state index is 11.4. The van der Waals surface area contributed by atoms with Crippen LogP contribution in [0.2, 0.25) is 0 Å². The summed E-state index contributed by atoms with van der Waals surface area (Å²) in [5, 5.41) is 10.9. The van der Waals surface area contributed by atoms with E-state index in [1.165, 1.54) is 12.5 Å². The van der Waals surface area contributed by atoms with Crippen LogP contribution in [-0.2, 0) is 11.3 Å². The SMILES string of the molecule is CC(=O)CC1CCCCCN1Cc1cccc([N+](=O)[O-])c1. The summed E-state index contributed by atoms with van der Waals surface area (Å²) in [4.78, 5) is 24.3. The van der Waals surface area contributed by atoms with Crippen LogP contribution in [0.1, 0.15) is 44.6 Å². The van der Waals surface area contributed by atoms with Crippen molar-refractivity contribution in [1.29, 1.82) is 0 Å². The highest BCUT2D eigenvalue weighted by atomic mass is 16.6. The monoisotopic (exact) mass is 290 g/mol. The summed E-state index contributed by atoms with van der Waals surface area (Å²) < 4.78 is 0. The van der Waals surface area contributed by atoms with E-state index in [1.54, 1.807) is 19.1 Å². The van der Waals surface area contributed by atoms with Gasteiger partial charge in [0, 0.05) is 31.1 Å². The first-order chi connectivity index (χ1) is 10.1. The number of benzene rings is 1. The third-order valence-corrected chi connectivity index (χ3v) is 4.03. The number of rotatable bonds is 5. The Morgan fingerprint density at radius 2 is 2.19 bits per heavy atom. The van der Waals surface area contributed by atoms with Gasteiger partial charge in [-0.05, 0) is 31.9 Å². The minimum atomic E-state index is -0.362. The average Bonchev–Trinajstić information content (AvgIpc) is 2.64. The third kappa shape index (κ3) is 4.63. The Kier molecular flexibility index (Phi) is 5.44. The van der Waals surface area contributed by atoms with E-state index in [0.717, 1.165) is 31.4 Å². The summed E-state index contributed by atoms with van der Waals surface area (Å²) >= 11 is 0. The first-order valence-corrected chi connectivity index (χ1v) is 7.53. The van der Waals surface area contributed by atoms with Gasteiger partial charge < -0.3 is 0 Å². The van der Waals surface area contributed by atoms with Crippen LogP contribution in [0.25, 0.3) is 0 Å². The van der Waals surface area contributed by atoms with Crippen molar-refractivity contribution in [2.24, 2.45) is 0 Å². The number of Topliss-reactive ketones (excluding diaryl/α,β-unsaturated/α-hetero) is 1. The molecule has 114 valence electrons. The van der Waals surface area contributed by atoms with Gasteiger partial charge in [-0.2, -0.15) is 0 Å². The second kappa shape index (κ2) is 7.31. The summed E-state index contributed by atoms with van der Waals surface area (Å²) in [6, 6.07) is 7.06. The Bertz CT molecular complexity index is 516. The van der Waals surface area contributed by atoms with E-state index < -0.39 is 0 Å². The molecule has 21 heavy (non-hydrogen) atoms. The van der Waals surface area contributed by atoms with Crippen LogP contribution in [0.3, 0.4) is 0 Å². The van der Waals surface area contributed by atoms with Crippen molar-refractivity contribution in [2.75, 3.05) is 6.54 Å². The molecule has 5 heteroatoms. The van der Waals surface area contributed by atoms with Crippen LogP contribution in [0.4, 0.5) is 5.69 Å². The maximum Gasteiger partial charge on any atom is 0.269 e. The highest BCUT2D eigenvalue weighted by Gasteiger charge is 2.22. The van der Waals surface area contributed by atoms with Crippen molar-refractivity contribution in [1.82, 2.24) is 4.90 Å². The topological polar surface area (TPSA) is 63.5 Å². The van der Waals surface area contributed by atoms with Gasteiger partial charge in [-0.1, -0.05) is 25.0 Å². The van der Waals surface area contributed by atoms with Crippen LogP contribution in [0.5, 0.6) is 0 Å². The smallest absolute Gasteiger partial charge is 0.269 e. The molecule has 2 rings (SSSR count). The lowest BCUT2D eigenvalue weighted by molar-refractivity contribution is -0.384. The van der Waals surface area contributed by atoms with E-state index in [4.69, 9.17) is 0 Å². The summed E-state index contributed by atoms with van der Waals surface area (Å²) in [5.74, 6) is 0.214. The van der Waals surface area contributed by atoms with Gasteiger partial charge in [0.1, 0.15) is 5.78 Å². The standard InChI is InChI=1S/C16H22N2O3/c1-13(19)10-15-7-3-2-4-9-17(15)12-14-6-5-8-16(11-14)18(20)21/h5-6,8,11,15H,2-4,7,9-10,12H2,1H3. The van der Waals surface area contributed by atoms with Gasteiger partial charge >= 0.3 is 0 Å². The van der Waals surface area contributed by atoms with Gasteiger partial charge in [-0.25, -0.2) is 0 Å². The van der Waals surface area contributed by atoms with Gasteiger partial charge in [-0.15, -0.1) is 0 Å². The molecule has 1 aromatic rings. The van der Waals surface area contributed by atoms with E-state index in [9.17, 15) is 14.9 Å². The van der Waals surface area contributed by atoms with Crippen molar-refractivity contribution in [2.45, 2.75) is 51.6 Å². The number of nitrogens with zero attached hydrogens (tertiary/aromatic N) is 2. The third-order valence-electron chi connectivity index (χ3n) is 4.03. The van der Waals surface area contributed by atoms with Gasteiger partial charge in [0.2, 0.25) is 0 Å². The van der Waals surface area contributed by atoms with E-state index >= 15 is 0 Å². The van der Waals surface area contributed by atoms with Gasteiger partial charge in [0.25, 0.3) is 5.69 Å². The number of ketones is 1. The first kappa shape index (κ1) is 15.6. The zero-order chi connectivity index (χ0) is 15.2. The molecule has 0 saturated carbocycles. The number of likely N-dealkylation sites (tertiary alicyclic amines) is 1. The predicted octanol–water partition coefficient (Wildman–Crippen LogP) is 3.32. The molecule has 0 radical (unpaired) electrons. The maximum atomic E-state index is 11.4. The summed E-state index contributed by atoms with van der Waals surface area (Å²) in [5.41, 5.74) is 1.07. The molecular formula is C16H22N2O3. The molecular weight excluding hydrogens is 268 g/mol. The molecule has 1 unspecified atom stereocenters.